The molecule has 2 aromatic rings. The van der Waals surface area contributed by atoms with Gasteiger partial charge in [-0.3, -0.25) is 4.79 Å². The number of rotatable bonds is 8. The third-order valence-corrected chi connectivity index (χ3v) is 16.5. The SMILES string of the molecule is CC(I)(SI)S(=O)(=O)Cc1nc(-c2ccc(C(=O)NCCC(F)(F)F)cc2)cs1. The van der Waals surface area contributed by atoms with E-state index in [1.165, 1.54) is 32.4 Å². The maximum absolute atomic E-state index is 12.5. The Hall–Kier alpha value is -0.130. The average Bonchev–Trinajstić information content (AvgIpc) is 3.08. The zero-order valence-electron chi connectivity index (χ0n) is 14.8. The summed E-state index contributed by atoms with van der Waals surface area (Å²) in [5.41, 5.74) is 1.48. The minimum atomic E-state index is -4.32. The van der Waals surface area contributed by atoms with Crippen LogP contribution in [0.25, 0.3) is 11.3 Å². The fraction of sp³-hybridized carbons (Fsp3) is 0.375. The van der Waals surface area contributed by atoms with Crippen molar-refractivity contribution < 1.29 is 26.4 Å². The van der Waals surface area contributed by atoms with Gasteiger partial charge < -0.3 is 5.32 Å². The van der Waals surface area contributed by atoms with Crippen molar-refractivity contribution in [2.45, 2.75) is 27.4 Å². The molecule has 5 nitrogen and oxygen atoms in total. The van der Waals surface area contributed by atoms with Crippen molar-refractivity contribution in [3.8, 4) is 11.3 Å². The summed E-state index contributed by atoms with van der Waals surface area (Å²) in [6.07, 6.45) is -5.41. The van der Waals surface area contributed by atoms with E-state index in [0.29, 0.717) is 16.3 Å². The van der Waals surface area contributed by atoms with E-state index in [2.05, 4.69) is 10.3 Å². The molecule has 0 radical (unpaired) electrons. The maximum Gasteiger partial charge on any atom is 0.390 e. The van der Waals surface area contributed by atoms with Crippen molar-refractivity contribution in [1.82, 2.24) is 10.3 Å². The van der Waals surface area contributed by atoms with Crippen LogP contribution in [0.3, 0.4) is 0 Å². The van der Waals surface area contributed by atoms with Gasteiger partial charge in [0.2, 0.25) is 0 Å². The maximum atomic E-state index is 12.5. The van der Waals surface area contributed by atoms with E-state index in [-0.39, 0.29) is 11.3 Å². The van der Waals surface area contributed by atoms with Crippen LogP contribution in [0.15, 0.2) is 29.6 Å². The number of halogens is 5. The third-order valence-electron chi connectivity index (χ3n) is 3.70. The number of amides is 1. The summed E-state index contributed by atoms with van der Waals surface area (Å²) in [6.45, 7) is 1.15. The highest BCUT2D eigenvalue weighted by Gasteiger charge is 2.37. The number of aromatic nitrogens is 1. The van der Waals surface area contributed by atoms with Crippen LogP contribution in [-0.2, 0) is 15.6 Å². The molecule has 1 N–H and O–H groups in total. The zero-order valence-corrected chi connectivity index (χ0v) is 21.6. The molecule has 0 aliphatic carbocycles. The Morgan fingerprint density at radius 3 is 2.45 bits per heavy atom. The molecule has 0 aliphatic heterocycles. The van der Waals surface area contributed by atoms with E-state index >= 15 is 0 Å². The van der Waals surface area contributed by atoms with Gasteiger partial charge in [-0.05, 0) is 62.9 Å². The minimum absolute atomic E-state index is 0.174. The number of hydrogen-bond donors (Lipinski definition) is 1. The van der Waals surface area contributed by atoms with E-state index < -0.39 is 37.0 Å². The summed E-state index contributed by atoms with van der Waals surface area (Å²) in [5.74, 6) is -0.768. The van der Waals surface area contributed by atoms with Gasteiger partial charge in [-0.1, -0.05) is 21.1 Å². The molecule has 13 heteroatoms. The highest BCUT2D eigenvalue weighted by Crippen LogP contribution is 2.44. The third kappa shape index (κ3) is 7.21. The summed E-state index contributed by atoms with van der Waals surface area (Å²) in [7, 11) is -2.20. The van der Waals surface area contributed by atoms with Gasteiger partial charge in [0.15, 0.2) is 11.9 Å². The molecule has 2 rings (SSSR count). The predicted octanol–water partition coefficient (Wildman–Crippen LogP) is 5.60. The number of benzene rings is 1. The number of alkyl halides is 4. The van der Waals surface area contributed by atoms with E-state index in [1.54, 1.807) is 24.4 Å². The summed E-state index contributed by atoms with van der Waals surface area (Å²) in [6, 6.07) is 6.22. The second-order valence-electron chi connectivity index (χ2n) is 6.00. The average molecular weight is 690 g/mol. The Morgan fingerprint density at radius 2 is 1.90 bits per heavy atom. The largest absolute Gasteiger partial charge is 0.390 e. The normalized spacial score (nSPS) is 14.4. The lowest BCUT2D eigenvalue weighted by molar-refractivity contribution is -0.132. The first-order chi connectivity index (χ1) is 13.3. The lowest BCUT2D eigenvalue weighted by atomic mass is 10.1. The van der Waals surface area contributed by atoms with E-state index in [0.717, 1.165) is 0 Å². The summed E-state index contributed by atoms with van der Waals surface area (Å²) < 4.78 is 60.4. The van der Waals surface area contributed by atoms with Crippen molar-refractivity contribution >= 4 is 79.8 Å². The van der Waals surface area contributed by atoms with Crippen LogP contribution in [-0.4, -0.2) is 34.1 Å². The van der Waals surface area contributed by atoms with Crippen molar-refractivity contribution in [2.75, 3.05) is 6.54 Å². The molecule has 0 fully saturated rings. The number of hydrogen-bond acceptors (Lipinski definition) is 6. The highest BCUT2D eigenvalue weighted by molar-refractivity contribution is 14.2. The monoisotopic (exact) mass is 690 g/mol. The molecule has 0 spiro atoms. The quantitative estimate of drug-likeness (QED) is 0.289. The highest BCUT2D eigenvalue weighted by atomic mass is 127. The lowest BCUT2D eigenvalue weighted by Crippen LogP contribution is -2.27. The number of thiazole rings is 1. The first-order valence-corrected chi connectivity index (χ1v) is 14.9. The minimum Gasteiger partial charge on any atom is -0.352 e. The number of nitrogens with one attached hydrogen (secondary N) is 1. The first kappa shape index (κ1) is 25.1. The van der Waals surface area contributed by atoms with Crippen molar-refractivity contribution in [1.29, 1.82) is 0 Å². The molecule has 0 saturated heterocycles. The second-order valence-corrected chi connectivity index (χ2v) is 15.4. The first-order valence-electron chi connectivity index (χ1n) is 7.95. The molecule has 1 aromatic heterocycles. The molecule has 1 amide bonds. The van der Waals surface area contributed by atoms with Crippen LogP contribution in [0.4, 0.5) is 13.2 Å². The number of nitrogens with zero attached hydrogens (tertiary/aromatic N) is 1. The number of carbonyl (C=O) groups excluding carboxylic acids is 1. The fourth-order valence-corrected chi connectivity index (χ4v) is 7.53. The molecule has 29 heavy (non-hydrogen) atoms. The van der Waals surface area contributed by atoms with Crippen LogP contribution >= 0.6 is 64.1 Å². The van der Waals surface area contributed by atoms with Gasteiger partial charge in [-0.15, -0.1) is 11.3 Å². The van der Waals surface area contributed by atoms with Crippen LogP contribution in [0.1, 0.15) is 28.7 Å². The topological polar surface area (TPSA) is 76.1 Å². The molecule has 1 atom stereocenters. The summed E-state index contributed by atoms with van der Waals surface area (Å²) in [4.78, 5) is 16.3. The Kier molecular flexibility index (Phi) is 8.66. The van der Waals surface area contributed by atoms with Gasteiger partial charge in [0, 0.05) is 23.1 Å². The van der Waals surface area contributed by atoms with Crippen molar-refractivity contribution in [2.24, 2.45) is 0 Å². The molecule has 1 aromatic carbocycles. The Bertz CT molecular complexity index is 962. The van der Waals surface area contributed by atoms with Crippen molar-refractivity contribution in [3.63, 3.8) is 0 Å². The van der Waals surface area contributed by atoms with Crippen molar-refractivity contribution in [3.05, 3.63) is 40.2 Å². The summed E-state index contributed by atoms with van der Waals surface area (Å²) in [5, 5.41) is 4.41. The Labute approximate surface area is 200 Å². The van der Waals surface area contributed by atoms with Gasteiger partial charge in [-0.2, -0.15) is 13.2 Å². The molecule has 0 saturated carbocycles. The van der Waals surface area contributed by atoms with Gasteiger partial charge in [-0.25, -0.2) is 13.4 Å². The molecule has 0 aliphatic rings. The lowest BCUT2D eigenvalue weighted by Gasteiger charge is -2.18. The molecule has 1 heterocycles. The second kappa shape index (κ2) is 9.99. The van der Waals surface area contributed by atoms with Crippen LogP contribution < -0.4 is 5.32 Å². The van der Waals surface area contributed by atoms with E-state index in [9.17, 15) is 26.4 Å². The van der Waals surface area contributed by atoms with Crippen LogP contribution in [0, 0.1) is 0 Å². The Balaban J connectivity index is 2.05. The molecular weight excluding hydrogens is 675 g/mol. The molecule has 1 unspecified atom stereocenters. The van der Waals surface area contributed by atoms with Crippen LogP contribution in [0.5, 0.6) is 0 Å². The smallest absolute Gasteiger partial charge is 0.352 e. The number of carbonyl (C=O) groups is 1. The van der Waals surface area contributed by atoms with Gasteiger partial charge in [0.1, 0.15) is 10.8 Å². The van der Waals surface area contributed by atoms with Gasteiger partial charge >= 0.3 is 6.18 Å². The Morgan fingerprint density at radius 1 is 1.28 bits per heavy atom. The predicted molar refractivity (Wildman–Crippen MR) is 127 cm³/mol. The van der Waals surface area contributed by atoms with Gasteiger partial charge in [0.25, 0.3) is 5.91 Å². The summed E-state index contributed by atoms with van der Waals surface area (Å²) >= 11 is 5.08. The molecule has 0 bridgehead atoms. The van der Waals surface area contributed by atoms with E-state index in [4.69, 9.17) is 0 Å². The zero-order chi connectivity index (χ0) is 21.9. The molecular formula is C16H15F3I2N2O3S3. The van der Waals surface area contributed by atoms with Crippen LogP contribution in [0.2, 0.25) is 0 Å². The fourth-order valence-electron chi connectivity index (χ4n) is 2.06. The molecule has 160 valence electrons. The van der Waals surface area contributed by atoms with E-state index in [1.807, 2.05) is 43.8 Å². The number of sulfone groups is 1. The standard InChI is InChI=1S/C16H15F3I2N2O3S3/c1-15(20,28-21)29(25,26)9-13-23-12(8-27-13)10-2-4-11(5-3-10)14(24)22-7-6-16(17,18)19/h2-5,8H,6-7,9H2,1H3,(H,22,24). The van der Waals surface area contributed by atoms with Gasteiger partial charge in [0.05, 0.1) is 12.1 Å².